The number of ether oxygens (including phenoxy) is 2. The first kappa shape index (κ1) is 14.5. The second kappa shape index (κ2) is 6.54. The molecule has 1 saturated heterocycles. The maximum absolute atomic E-state index is 12.0. The van der Waals surface area contributed by atoms with E-state index >= 15 is 0 Å². The van der Waals surface area contributed by atoms with Crippen molar-refractivity contribution in [2.75, 3.05) is 13.2 Å². The number of carbonyl (C=O) groups is 1. The van der Waals surface area contributed by atoms with Gasteiger partial charge in [-0.05, 0) is 25.0 Å². The van der Waals surface area contributed by atoms with Crippen LogP contribution in [0.15, 0.2) is 24.4 Å². The molecule has 0 bridgehead atoms. The Morgan fingerprint density at radius 2 is 2.10 bits per heavy atom. The van der Waals surface area contributed by atoms with E-state index in [1.165, 1.54) is 12.8 Å². The van der Waals surface area contributed by atoms with E-state index in [0.29, 0.717) is 18.8 Å². The Balaban J connectivity index is 1.50. The predicted octanol–water partition coefficient (Wildman–Crippen LogP) is 2.28. The molecule has 3 rings (SSSR count). The van der Waals surface area contributed by atoms with Gasteiger partial charge in [0.15, 0.2) is 5.79 Å². The lowest BCUT2D eigenvalue weighted by Gasteiger charge is -2.26. The van der Waals surface area contributed by atoms with Crippen LogP contribution in [0.25, 0.3) is 0 Å². The summed E-state index contributed by atoms with van der Waals surface area (Å²) in [6, 6.07) is 5.30. The molecule has 2 fully saturated rings. The Kier molecular flexibility index (Phi) is 4.51. The summed E-state index contributed by atoms with van der Waals surface area (Å²) >= 11 is 0. The van der Waals surface area contributed by atoms with Gasteiger partial charge in [0, 0.05) is 25.6 Å². The molecule has 21 heavy (non-hydrogen) atoms. The van der Waals surface area contributed by atoms with Gasteiger partial charge in [-0.25, -0.2) is 0 Å². The van der Waals surface area contributed by atoms with Crippen LogP contribution < -0.4 is 5.32 Å². The van der Waals surface area contributed by atoms with Crippen molar-refractivity contribution in [3.8, 4) is 0 Å². The Morgan fingerprint density at radius 3 is 2.81 bits per heavy atom. The van der Waals surface area contributed by atoms with E-state index in [4.69, 9.17) is 9.47 Å². The van der Waals surface area contributed by atoms with E-state index in [9.17, 15) is 4.79 Å². The summed E-state index contributed by atoms with van der Waals surface area (Å²) in [6.07, 6.45) is 8.33. The molecule has 1 atom stereocenters. The molecule has 114 valence electrons. The molecule has 1 aromatic rings. The average molecular weight is 290 g/mol. The first-order valence-corrected chi connectivity index (χ1v) is 7.78. The van der Waals surface area contributed by atoms with E-state index < -0.39 is 5.79 Å². The zero-order valence-electron chi connectivity index (χ0n) is 12.2. The number of nitrogens with zero attached hydrogens (tertiary/aromatic N) is 1. The first-order valence-electron chi connectivity index (χ1n) is 7.78. The van der Waals surface area contributed by atoms with Gasteiger partial charge in [0.2, 0.25) is 0 Å². The number of carbonyl (C=O) groups excluding carboxylic acids is 1. The molecule has 1 saturated carbocycles. The number of aromatic nitrogens is 1. The minimum absolute atomic E-state index is 0.0595. The summed E-state index contributed by atoms with van der Waals surface area (Å²) in [4.78, 5) is 16.0. The van der Waals surface area contributed by atoms with Crippen molar-refractivity contribution in [3.05, 3.63) is 30.1 Å². The number of nitrogens with one attached hydrogen (secondary N) is 1. The predicted molar refractivity (Wildman–Crippen MR) is 77.8 cm³/mol. The van der Waals surface area contributed by atoms with Gasteiger partial charge >= 0.3 is 0 Å². The third kappa shape index (κ3) is 3.60. The quantitative estimate of drug-likeness (QED) is 0.927. The molecule has 5 nitrogen and oxygen atoms in total. The van der Waals surface area contributed by atoms with Gasteiger partial charge in [-0.1, -0.05) is 18.9 Å². The Morgan fingerprint density at radius 1 is 1.29 bits per heavy atom. The molecule has 0 aromatic carbocycles. The van der Waals surface area contributed by atoms with E-state index in [1.807, 2.05) is 0 Å². The molecular formula is C16H22N2O3. The van der Waals surface area contributed by atoms with Crippen LogP contribution >= 0.6 is 0 Å². The van der Waals surface area contributed by atoms with Gasteiger partial charge in [-0.3, -0.25) is 9.78 Å². The molecule has 1 N–H and O–H groups in total. The molecule has 2 aliphatic rings. The molecule has 1 spiro atoms. The molecular weight excluding hydrogens is 268 g/mol. The van der Waals surface area contributed by atoms with E-state index in [2.05, 4.69) is 10.3 Å². The minimum Gasteiger partial charge on any atom is -0.348 e. The van der Waals surface area contributed by atoms with Crippen molar-refractivity contribution < 1.29 is 14.3 Å². The fourth-order valence-corrected chi connectivity index (χ4v) is 3.04. The summed E-state index contributed by atoms with van der Waals surface area (Å²) in [5, 5.41) is 2.87. The van der Waals surface area contributed by atoms with Gasteiger partial charge in [-0.2, -0.15) is 0 Å². The number of pyridine rings is 1. The van der Waals surface area contributed by atoms with Crippen molar-refractivity contribution in [2.24, 2.45) is 0 Å². The number of amides is 1. The largest absolute Gasteiger partial charge is 0.348 e. The second-order valence-corrected chi connectivity index (χ2v) is 5.80. The van der Waals surface area contributed by atoms with Crippen LogP contribution in [0.5, 0.6) is 0 Å². The van der Waals surface area contributed by atoms with Gasteiger partial charge in [0.05, 0.1) is 6.61 Å². The number of hydrogen-bond donors (Lipinski definition) is 1. The molecule has 1 aliphatic heterocycles. The average Bonchev–Trinajstić information content (AvgIpc) is 2.77. The highest BCUT2D eigenvalue weighted by molar-refractivity contribution is 5.92. The lowest BCUT2D eigenvalue weighted by atomic mass is 10.1. The van der Waals surface area contributed by atoms with Crippen molar-refractivity contribution in [2.45, 2.75) is 50.4 Å². The van der Waals surface area contributed by atoms with Crippen LogP contribution in [0.1, 0.15) is 49.0 Å². The Bertz CT molecular complexity index is 470. The third-order valence-electron chi connectivity index (χ3n) is 4.17. The van der Waals surface area contributed by atoms with E-state index in [0.717, 1.165) is 25.7 Å². The minimum atomic E-state index is -0.392. The normalized spacial score (nSPS) is 24.7. The summed E-state index contributed by atoms with van der Waals surface area (Å²) in [7, 11) is 0. The Labute approximate surface area is 125 Å². The first-order chi connectivity index (χ1) is 10.3. The molecule has 5 heteroatoms. The van der Waals surface area contributed by atoms with Crippen LogP contribution in [0.4, 0.5) is 0 Å². The smallest absolute Gasteiger partial charge is 0.269 e. The number of rotatable bonds is 3. The topological polar surface area (TPSA) is 60.5 Å². The van der Waals surface area contributed by atoms with Gasteiger partial charge < -0.3 is 14.8 Å². The molecule has 1 aliphatic carbocycles. The highest BCUT2D eigenvalue weighted by Crippen LogP contribution is 2.36. The summed E-state index contributed by atoms with van der Waals surface area (Å²) in [6.45, 7) is 1.03. The monoisotopic (exact) mass is 290 g/mol. The van der Waals surface area contributed by atoms with Crippen molar-refractivity contribution >= 4 is 5.91 Å². The van der Waals surface area contributed by atoms with Gasteiger partial charge in [0.1, 0.15) is 11.8 Å². The van der Waals surface area contributed by atoms with Crippen molar-refractivity contribution in [3.63, 3.8) is 0 Å². The molecule has 1 amide bonds. The van der Waals surface area contributed by atoms with Gasteiger partial charge in [0.25, 0.3) is 5.91 Å². The standard InChI is InChI=1S/C16H22N2O3/c19-15(14-7-3-6-10-17-14)18-11-13-12-20-16(21-13)8-4-1-2-5-9-16/h3,6-7,10,13H,1-2,4-5,8-9,11-12H2,(H,18,19)/t13-/m1/s1. The van der Waals surface area contributed by atoms with E-state index in [-0.39, 0.29) is 12.0 Å². The second-order valence-electron chi connectivity index (χ2n) is 5.80. The molecule has 1 aromatic heterocycles. The maximum Gasteiger partial charge on any atom is 0.269 e. The fourth-order valence-electron chi connectivity index (χ4n) is 3.04. The van der Waals surface area contributed by atoms with Crippen LogP contribution in [-0.2, 0) is 9.47 Å². The summed E-state index contributed by atoms with van der Waals surface area (Å²) in [5.74, 6) is -0.558. The lowest BCUT2D eigenvalue weighted by molar-refractivity contribution is -0.175. The zero-order chi connectivity index (χ0) is 14.5. The highest BCUT2D eigenvalue weighted by atomic mass is 16.7. The highest BCUT2D eigenvalue weighted by Gasteiger charge is 2.41. The van der Waals surface area contributed by atoms with Crippen LogP contribution in [0.2, 0.25) is 0 Å². The van der Waals surface area contributed by atoms with Crippen molar-refractivity contribution in [1.29, 1.82) is 0 Å². The number of hydrogen-bond acceptors (Lipinski definition) is 4. The van der Waals surface area contributed by atoms with Gasteiger partial charge in [-0.15, -0.1) is 0 Å². The Hall–Kier alpha value is -1.46. The van der Waals surface area contributed by atoms with Crippen molar-refractivity contribution in [1.82, 2.24) is 10.3 Å². The fraction of sp³-hybridized carbons (Fsp3) is 0.625. The maximum atomic E-state index is 12.0. The van der Waals surface area contributed by atoms with Crippen LogP contribution in [0.3, 0.4) is 0 Å². The van der Waals surface area contributed by atoms with E-state index in [1.54, 1.807) is 24.4 Å². The van der Waals surface area contributed by atoms with Crippen LogP contribution in [0, 0.1) is 0 Å². The SMILES string of the molecule is O=C(NC[C@@H]1COC2(CCCCCC2)O1)c1ccccn1. The third-order valence-corrected chi connectivity index (χ3v) is 4.17. The molecule has 0 unspecified atom stereocenters. The molecule has 2 heterocycles. The summed E-state index contributed by atoms with van der Waals surface area (Å²) in [5.41, 5.74) is 0.431. The summed E-state index contributed by atoms with van der Waals surface area (Å²) < 4.78 is 12.0. The molecule has 0 radical (unpaired) electrons. The lowest BCUT2D eigenvalue weighted by Crippen LogP contribution is -2.36. The zero-order valence-corrected chi connectivity index (χ0v) is 12.2. The van der Waals surface area contributed by atoms with Crippen LogP contribution in [-0.4, -0.2) is 35.9 Å².